The number of guanidine groups is 1. The van der Waals surface area contributed by atoms with Crippen LogP contribution in [0.25, 0.3) is 10.9 Å². The molecule has 3 rings (SSSR count). The van der Waals surface area contributed by atoms with Gasteiger partial charge in [0.1, 0.15) is 5.01 Å². The Morgan fingerprint density at radius 2 is 2.04 bits per heavy atom. The van der Waals surface area contributed by atoms with Crippen LogP contribution in [0.3, 0.4) is 0 Å². The molecular formula is C19H26IN5S. The largest absolute Gasteiger partial charge is 0.361 e. The van der Waals surface area contributed by atoms with E-state index < -0.39 is 0 Å². The number of thiazole rings is 1. The van der Waals surface area contributed by atoms with Gasteiger partial charge in [0.25, 0.3) is 0 Å². The number of fused-ring (bicyclic) bond motifs is 1. The van der Waals surface area contributed by atoms with E-state index in [1.807, 2.05) is 6.92 Å². The summed E-state index contributed by atoms with van der Waals surface area (Å²) in [4.78, 5) is 13.5. The lowest BCUT2D eigenvalue weighted by molar-refractivity contribution is 0.792. The molecule has 0 atom stereocenters. The van der Waals surface area contributed by atoms with Gasteiger partial charge in [-0.1, -0.05) is 18.2 Å². The summed E-state index contributed by atoms with van der Waals surface area (Å²) in [5, 5.41) is 9.10. The topological polar surface area (TPSA) is 65.1 Å². The average molecular weight is 483 g/mol. The van der Waals surface area contributed by atoms with Crippen LogP contribution >= 0.6 is 35.3 Å². The molecule has 7 heteroatoms. The summed E-state index contributed by atoms with van der Waals surface area (Å²) in [6.45, 7) is 7.81. The number of rotatable bonds is 5. The standard InChI is InChI=1S/C19H25N5S.HI/c1-12-6-5-7-16-15(10-22-18(12)16)8-9-21-19(20-4)23-11-17-24-13(2)14(3)25-17;/h5-7,10,22H,8-9,11H2,1-4H3,(H2,20,21,23);1H. The number of aromatic nitrogens is 2. The van der Waals surface area contributed by atoms with Gasteiger partial charge in [0, 0.05) is 35.6 Å². The van der Waals surface area contributed by atoms with Crippen molar-refractivity contribution in [3.63, 3.8) is 0 Å². The van der Waals surface area contributed by atoms with E-state index in [-0.39, 0.29) is 24.0 Å². The predicted molar refractivity (Wildman–Crippen MR) is 122 cm³/mol. The number of nitrogens with zero attached hydrogens (tertiary/aromatic N) is 2. The zero-order chi connectivity index (χ0) is 17.8. The minimum atomic E-state index is 0. The van der Waals surface area contributed by atoms with Crippen molar-refractivity contribution in [1.29, 1.82) is 0 Å². The van der Waals surface area contributed by atoms with Gasteiger partial charge in [-0.15, -0.1) is 35.3 Å². The fourth-order valence-electron chi connectivity index (χ4n) is 2.88. The van der Waals surface area contributed by atoms with E-state index >= 15 is 0 Å². The molecule has 0 bridgehead atoms. The molecule has 1 aromatic carbocycles. The van der Waals surface area contributed by atoms with E-state index in [9.17, 15) is 0 Å². The van der Waals surface area contributed by atoms with Gasteiger partial charge in [-0.05, 0) is 38.3 Å². The van der Waals surface area contributed by atoms with E-state index in [1.165, 1.54) is 26.9 Å². The first-order chi connectivity index (χ1) is 12.1. The summed E-state index contributed by atoms with van der Waals surface area (Å²) in [7, 11) is 1.79. The van der Waals surface area contributed by atoms with Crippen molar-refractivity contribution in [2.75, 3.05) is 13.6 Å². The molecule has 0 radical (unpaired) electrons. The number of halogens is 1. The molecule has 0 unspecified atom stereocenters. The van der Waals surface area contributed by atoms with Gasteiger partial charge < -0.3 is 15.6 Å². The number of H-pyrrole nitrogens is 1. The Balaban J connectivity index is 0.00000243. The smallest absolute Gasteiger partial charge is 0.191 e. The Labute approximate surface area is 175 Å². The van der Waals surface area contributed by atoms with Crippen LogP contribution in [0.15, 0.2) is 29.4 Å². The number of hydrogen-bond acceptors (Lipinski definition) is 3. The van der Waals surface area contributed by atoms with Crippen LogP contribution < -0.4 is 10.6 Å². The minimum Gasteiger partial charge on any atom is -0.361 e. The van der Waals surface area contributed by atoms with Gasteiger partial charge in [-0.2, -0.15) is 0 Å². The lowest BCUT2D eigenvalue weighted by Crippen LogP contribution is -2.37. The lowest BCUT2D eigenvalue weighted by atomic mass is 10.1. The van der Waals surface area contributed by atoms with Crippen molar-refractivity contribution in [2.24, 2.45) is 4.99 Å². The maximum absolute atomic E-state index is 4.55. The highest BCUT2D eigenvalue weighted by Crippen LogP contribution is 2.21. The van der Waals surface area contributed by atoms with Crippen molar-refractivity contribution in [3.05, 3.63) is 51.1 Å². The molecule has 0 aliphatic heterocycles. The van der Waals surface area contributed by atoms with Gasteiger partial charge in [0.15, 0.2) is 5.96 Å². The van der Waals surface area contributed by atoms with Crippen LogP contribution in [0, 0.1) is 20.8 Å². The molecule has 3 aromatic rings. The van der Waals surface area contributed by atoms with Crippen LogP contribution in [0.5, 0.6) is 0 Å². The average Bonchev–Trinajstić information content (AvgIpc) is 3.15. The number of aliphatic imine (C=N–C) groups is 1. The summed E-state index contributed by atoms with van der Waals surface area (Å²) >= 11 is 1.73. The predicted octanol–water partition coefficient (Wildman–Crippen LogP) is 4.08. The monoisotopic (exact) mass is 483 g/mol. The molecule has 2 aromatic heterocycles. The third kappa shape index (κ3) is 4.76. The molecule has 0 spiro atoms. The molecule has 140 valence electrons. The number of para-hydroxylation sites is 1. The van der Waals surface area contributed by atoms with Crippen LogP contribution in [-0.2, 0) is 13.0 Å². The van der Waals surface area contributed by atoms with E-state index in [0.717, 1.165) is 29.6 Å². The zero-order valence-corrected chi connectivity index (χ0v) is 18.8. The van der Waals surface area contributed by atoms with Crippen LogP contribution in [0.2, 0.25) is 0 Å². The molecule has 0 aliphatic rings. The first-order valence-corrected chi connectivity index (χ1v) is 9.33. The zero-order valence-electron chi connectivity index (χ0n) is 15.6. The summed E-state index contributed by atoms with van der Waals surface area (Å²) in [6.07, 6.45) is 3.05. The van der Waals surface area contributed by atoms with Crippen LogP contribution in [0.1, 0.15) is 26.7 Å². The second-order valence-electron chi connectivity index (χ2n) is 6.16. The highest BCUT2D eigenvalue weighted by molar-refractivity contribution is 14.0. The van der Waals surface area contributed by atoms with Gasteiger partial charge in [-0.3, -0.25) is 4.99 Å². The molecule has 0 fully saturated rings. The molecule has 0 saturated heterocycles. The van der Waals surface area contributed by atoms with E-state index in [1.54, 1.807) is 18.4 Å². The van der Waals surface area contributed by atoms with Crippen molar-refractivity contribution < 1.29 is 0 Å². The highest BCUT2D eigenvalue weighted by atomic mass is 127. The number of hydrogen-bond donors (Lipinski definition) is 3. The van der Waals surface area contributed by atoms with Crippen molar-refractivity contribution in [3.8, 4) is 0 Å². The SMILES string of the molecule is CN=C(NCCc1c[nH]c2c(C)cccc12)NCc1nc(C)c(C)s1.I. The van der Waals surface area contributed by atoms with Crippen molar-refractivity contribution in [2.45, 2.75) is 33.7 Å². The summed E-state index contributed by atoms with van der Waals surface area (Å²) in [6, 6.07) is 6.42. The van der Waals surface area contributed by atoms with E-state index in [2.05, 4.69) is 63.8 Å². The second kappa shape index (κ2) is 9.36. The van der Waals surface area contributed by atoms with Gasteiger partial charge in [-0.25, -0.2) is 4.98 Å². The third-order valence-electron chi connectivity index (χ3n) is 4.40. The molecule has 5 nitrogen and oxygen atoms in total. The molecule has 3 N–H and O–H groups in total. The van der Waals surface area contributed by atoms with Crippen LogP contribution in [0.4, 0.5) is 0 Å². The van der Waals surface area contributed by atoms with Crippen molar-refractivity contribution >= 4 is 52.2 Å². The number of aromatic amines is 1. The van der Waals surface area contributed by atoms with Crippen LogP contribution in [-0.4, -0.2) is 29.5 Å². The Hall–Kier alpha value is -1.61. The first kappa shape index (κ1) is 20.7. The summed E-state index contributed by atoms with van der Waals surface area (Å²) in [5.74, 6) is 0.807. The van der Waals surface area contributed by atoms with Gasteiger partial charge >= 0.3 is 0 Å². The van der Waals surface area contributed by atoms with Crippen molar-refractivity contribution in [1.82, 2.24) is 20.6 Å². The quantitative estimate of drug-likeness (QED) is 0.291. The van der Waals surface area contributed by atoms with Gasteiger partial charge in [0.2, 0.25) is 0 Å². The molecule has 0 aliphatic carbocycles. The van der Waals surface area contributed by atoms with E-state index in [0.29, 0.717) is 6.54 Å². The normalized spacial score (nSPS) is 11.5. The number of aryl methyl sites for hydroxylation is 3. The molecule has 0 amide bonds. The van der Waals surface area contributed by atoms with E-state index in [4.69, 9.17) is 0 Å². The molecule has 0 saturated carbocycles. The summed E-state index contributed by atoms with van der Waals surface area (Å²) in [5.41, 5.74) is 4.95. The third-order valence-corrected chi connectivity index (χ3v) is 5.47. The second-order valence-corrected chi connectivity index (χ2v) is 7.45. The summed E-state index contributed by atoms with van der Waals surface area (Å²) < 4.78 is 0. The number of benzene rings is 1. The fourth-order valence-corrected chi connectivity index (χ4v) is 3.75. The first-order valence-electron chi connectivity index (χ1n) is 8.51. The Morgan fingerprint density at radius 1 is 1.23 bits per heavy atom. The molecule has 2 heterocycles. The Bertz CT molecular complexity index is 877. The minimum absolute atomic E-state index is 0. The molecule has 26 heavy (non-hydrogen) atoms. The molecular weight excluding hydrogens is 457 g/mol. The highest BCUT2D eigenvalue weighted by Gasteiger charge is 2.07. The van der Waals surface area contributed by atoms with Gasteiger partial charge in [0.05, 0.1) is 12.2 Å². The number of nitrogens with one attached hydrogen (secondary N) is 3. The Morgan fingerprint density at radius 3 is 2.73 bits per heavy atom. The maximum Gasteiger partial charge on any atom is 0.191 e. The maximum atomic E-state index is 4.55. The fraction of sp³-hybridized carbons (Fsp3) is 0.368. The lowest BCUT2D eigenvalue weighted by Gasteiger charge is -2.10. The Kier molecular flexibility index (Phi) is 7.45.